The fraction of sp³-hybridized carbons (Fsp3) is 0.333. The summed E-state index contributed by atoms with van der Waals surface area (Å²) in [6.07, 6.45) is 0. The Hall–Kier alpha value is -1.28. The maximum Gasteiger partial charge on any atom is 0.120 e. The number of aryl methyl sites for hydroxylation is 2. The summed E-state index contributed by atoms with van der Waals surface area (Å²) in [7, 11) is 0. The van der Waals surface area contributed by atoms with E-state index >= 15 is 0 Å². The average molecular weight is 191 g/mol. The van der Waals surface area contributed by atoms with Crippen molar-refractivity contribution in [3.63, 3.8) is 0 Å². The minimum Gasteiger partial charge on any atom is -0.489 e. The normalized spacial score (nSPS) is 9.93. The van der Waals surface area contributed by atoms with Crippen molar-refractivity contribution in [2.24, 2.45) is 5.73 Å². The molecule has 0 aliphatic rings. The highest BCUT2D eigenvalue weighted by Gasteiger charge is 1.97. The largest absolute Gasteiger partial charge is 0.489 e. The number of ether oxygens (including phenoxy) is 1. The lowest BCUT2D eigenvalue weighted by Gasteiger charge is -2.08. The molecule has 0 atom stereocenters. The third-order valence-corrected chi connectivity index (χ3v) is 1.93. The second-order valence-electron chi connectivity index (χ2n) is 3.57. The molecule has 1 aromatic carbocycles. The molecule has 1 rings (SSSR count). The molecule has 2 heteroatoms. The van der Waals surface area contributed by atoms with Gasteiger partial charge in [-0.3, -0.25) is 0 Å². The van der Waals surface area contributed by atoms with Crippen LogP contribution in [0.3, 0.4) is 0 Å². The molecule has 0 amide bonds. The predicted molar refractivity (Wildman–Crippen MR) is 59.6 cm³/mol. The first kappa shape index (κ1) is 10.8. The first-order valence-electron chi connectivity index (χ1n) is 4.69. The molecule has 0 saturated heterocycles. The summed E-state index contributed by atoms with van der Waals surface area (Å²) in [5, 5.41) is 0. The van der Waals surface area contributed by atoms with Crippen LogP contribution in [-0.2, 0) is 0 Å². The maximum absolute atomic E-state index is 5.54. The molecule has 2 N–H and O–H groups in total. The SMILES string of the molecule is C=C(CN)COc1cc(C)cc(C)c1. The van der Waals surface area contributed by atoms with Gasteiger partial charge in [-0.1, -0.05) is 12.6 Å². The van der Waals surface area contributed by atoms with Crippen LogP contribution in [0.1, 0.15) is 11.1 Å². The lowest BCUT2D eigenvalue weighted by molar-refractivity contribution is 0.350. The van der Waals surface area contributed by atoms with E-state index in [1.807, 2.05) is 12.1 Å². The van der Waals surface area contributed by atoms with Crippen LogP contribution in [0.25, 0.3) is 0 Å². The molecule has 0 unspecified atom stereocenters. The van der Waals surface area contributed by atoms with E-state index in [2.05, 4.69) is 26.5 Å². The monoisotopic (exact) mass is 191 g/mol. The van der Waals surface area contributed by atoms with E-state index in [0.29, 0.717) is 13.2 Å². The highest BCUT2D eigenvalue weighted by atomic mass is 16.5. The minimum atomic E-state index is 0.477. The van der Waals surface area contributed by atoms with E-state index in [4.69, 9.17) is 10.5 Å². The van der Waals surface area contributed by atoms with Crippen molar-refractivity contribution >= 4 is 0 Å². The molecule has 0 spiro atoms. The van der Waals surface area contributed by atoms with Crippen molar-refractivity contribution in [2.75, 3.05) is 13.2 Å². The molecule has 2 nitrogen and oxygen atoms in total. The van der Waals surface area contributed by atoms with Crippen molar-refractivity contribution in [2.45, 2.75) is 13.8 Å². The molecule has 1 aromatic rings. The Morgan fingerprint density at radius 1 is 1.29 bits per heavy atom. The Bertz CT molecular complexity index is 311. The summed E-state index contributed by atoms with van der Waals surface area (Å²) in [5.74, 6) is 0.886. The third-order valence-electron chi connectivity index (χ3n) is 1.93. The average Bonchev–Trinajstić information content (AvgIpc) is 2.12. The van der Waals surface area contributed by atoms with Crippen molar-refractivity contribution in [3.8, 4) is 5.75 Å². The van der Waals surface area contributed by atoms with Crippen LogP contribution in [0.5, 0.6) is 5.75 Å². The topological polar surface area (TPSA) is 35.2 Å². The second-order valence-corrected chi connectivity index (χ2v) is 3.57. The molecule has 0 radical (unpaired) electrons. The van der Waals surface area contributed by atoms with Crippen molar-refractivity contribution < 1.29 is 4.74 Å². The first-order chi connectivity index (χ1) is 6.61. The maximum atomic E-state index is 5.54. The fourth-order valence-electron chi connectivity index (χ4n) is 1.26. The van der Waals surface area contributed by atoms with Crippen LogP contribution in [-0.4, -0.2) is 13.2 Å². The van der Waals surface area contributed by atoms with Crippen LogP contribution in [0.2, 0.25) is 0 Å². The number of hydrogen-bond donors (Lipinski definition) is 1. The van der Waals surface area contributed by atoms with Crippen molar-refractivity contribution in [1.29, 1.82) is 0 Å². The summed E-state index contributed by atoms with van der Waals surface area (Å²) < 4.78 is 5.54. The molecule has 0 aliphatic heterocycles. The molecule has 0 heterocycles. The molecule has 0 bridgehead atoms. The summed E-state index contributed by atoms with van der Waals surface area (Å²) in [6.45, 7) is 8.87. The van der Waals surface area contributed by atoms with Gasteiger partial charge in [0.25, 0.3) is 0 Å². The summed E-state index contributed by atoms with van der Waals surface area (Å²) >= 11 is 0. The summed E-state index contributed by atoms with van der Waals surface area (Å²) in [5.41, 5.74) is 8.74. The van der Waals surface area contributed by atoms with E-state index in [-0.39, 0.29) is 0 Å². The van der Waals surface area contributed by atoms with Crippen LogP contribution < -0.4 is 10.5 Å². The third kappa shape index (κ3) is 3.23. The summed E-state index contributed by atoms with van der Waals surface area (Å²) in [4.78, 5) is 0. The van der Waals surface area contributed by atoms with E-state index in [0.717, 1.165) is 11.3 Å². The second kappa shape index (κ2) is 4.82. The van der Waals surface area contributed by atoms with E-state index in [1.54, 1.807) is 0 Å². The lowest BCUT2D eigenvalue weighted by Crippen LogP contribution is -2.09. The zero-order valence-corrected chi connectivity index (χ0v) is 8.84. The number of hydrogen-bond acceptors (Lipinski definition) is 2. The molecular weight excluding hydrogens is 174 g/mol. The summed E-state index contributed by atoms with van der Waals surface area (Å²) in [6, 6.07) is 6.14. The molecule has 0 aliphatic carbocycles. The van der Waals surface area contributed by atoms with Gasteiger partial charge in [-0.15, -0.1) is 0 Å². The smallest absolute Gasteiger partial charge is 0.120 e. The fourth-order valence-corrected chi connectivity index (χ4v) is 1.26. The Labute approximate surface area is 85.4 Å². The minimum absolute atomic E-state index is 0.477. The van der Waals surface area contributed by atoms with Gasteiger partial charge in [0.05, 0.1) is 0 Å². The molecule has 0 fully saturated rings. The van der Waals surface area contributed by atoms with Gasteiger partial charge in [0.1, 0.15) is 12.4 Å². The number of rotatable bonds is 4. The van der Waals surface area contributed by atoms with Gasteiger partial charge in [0.2, 0.25) is 0 Å². The van der Waals surface area contributed by atoms with Crippen molar-refractivity contribution in [3.05, 3.63) is 41.5 Å². The number of nitrogens with two attached hydrogens (primary N) is 1. The van der Waals surface area contributed by atoms with Gasteiger partial charge in [0.15, 0.2) is 0 Å². The van der Waals surface area contributed by atoms with Gasteiger partial charge >= 0.3 is 0 Å². The highest BCUT2D eigenvalue weighted by Crippen LogP contribution is 2.16. The Morgan fingerprint density at radius 3 is 2.36 bits per heavy atom. The van der Waals surface area contributed by atoms with Crippen LogP contribution in [0.4, 0.5) is 0 Å². The van der Waals surface area contributed by atoms with Gasteiger partial charge in [-0.25, -0.2) is 0 Å². The lowest BCUT2D eigenvalue weighted by atomic mass is 10.1. The van der Waals surface area contributed by atoms with E-state index in [9.17, 15) is 0 Å². The molecule has 14 heavy (non-hydrogen) atoms. The number of benzene rings is 1. The van der Waals surface area contributed by atoms with Gasteiger partial charge in [0, 0.05) is 6.54 Å². The Morgan fingerprint density at radius 2 is 1.86 bits per heavy atom. The van der Waals surface area contributed by atoms with Crippen LogP contribution >= 0.6 is 0 Å². The standard InChI is InChI=1S/C12H17NO/c1-9-4-10(2)6-12(5-9)14-8-11(3)7-13/h4-6H,3,7-8,13H2,1-2H3. The van der Waals surface area contributed by atoms with Gasteiger partial charge < -0.3 is 10.5 Å². The van der Waals surface area contributed by atoms with Gasteiger partial charge in [-0.2, -0.15) is 0 Å². The first-order valence-corrected chi connectivity index (χ1v) is 4.69. The molecule has 0 aromatic heterocycles. The van der Waals surface area contributed by atoms with Crippen LogP contribution in [0.15, 0.2) is 30.4 Å². The zero-order chi connectivity index (χ0) is 10.6. The Kier molecular flexibility index (Phi) is 3.72. The molecular formula is C12H17NO. The van der Waals surface area contributed by atoms with Crippen LogP contribution in [0, 0.1) is 13.8 Å². The predicted octanol–water partition coefficient (Wildman–Crippen LogP) is 2.20. The Balaban J connectivity index is 2.63. The van der Waals surface area contributed by atoms with E-state index in [1.165, 1.54) is 11.1 Å². The van der Waals surface area contributed by atoms with Crippen molar-refractivity contribution in [1.82, 2.24) is 0 Å². The molecule has 0 saturated carbocycles. The quantitative estimate of drug-likeness (QED) is 0.740. The molecule has 76 valence electrons. The zero-order valence-electron chi connectivity index (χ0n) is 8.84. The highest BCUT2D eigenvalue weighted by molar-refractivity contribution is 5.33. The van der Waals surface area contributed by atoms with Gasteiger partial charge in [-0.05, 0) is 42.7 Å². The van der Waals surface area contributed by atoms with E-state index < -0.39 is 0 Å².